The van der Waals surface area contributed by atoms with Gasteiger partial charge in [0.05, 0.1) is 7.11 Å². The van der Waals surface area contributed by atoms with Gasteiger partial charge in [-0.1, -0.05) is 24.3 Å². The van der Waals surface area contributed by atoms with E-state index >= 15 is 0 Å². The SMILES string of the molecule is COC(=O)C1c2ccccc2C=CN1C(=O)NC(C)(C)C. The Kier molecular flexibility index (Phi) is 4.02. The minimum Gasteiger partial charge on any atom is -0.467 e. The molecule has 1 heterocycles. The van der Waals surface area contributed by atoms with Crippen molar-refractivity contribution in [1.29, 1.82) is 0 Å². The van der Waals surface area contributed by atoms with E-state index in [0.717, 1.165) is 11.1 Å². The maximum atomic E-state index is 12.4. The molecular weight excluding hydrogens is 268 g/mol. The number of esters is 1. The molecule has 0 saturated heterocycles. The summed E-state index contributed by atoms with van der Waals surface area (Å²) < 4.78 is 4.86. The van der Waals surface area contributed by atoms with Gasteiger partial charge in [-0.2, -0.15) is 0 Å². The van der Waals surface area contributed by atoms with Gasteiger partial charge in [0.2, 0.25) is 0 Å². The summed E-state index contributed by atoms with van der Waals surface area (Å²) in [6, 6.07) is 6.37. The average Bonchev–Trinajstić information content (AvgIpc) is 2.43. The predicted octanol–water partition coefficient (Wildman–Crippen LogP) is 2.70. The van der Waals surface area contributed by atoms with E-state index in [0.29, 0.717) is 0 Å². The van der Waals surface area contributed by atoms with Crippen LogP contribution in [0.4, 0.5) is 4.79 Å². The van der Waals surface area contributed by atoms with Crippen molar-refractivity contribution < 1.29 is 14.3 Å². The van der Waals surface area contributed by atoms with Crippen molar-refractivity contribution in [2.24, 2.45) is 0 Å². The van der Waals surface area contributed by atoms with Gasteiger partial charge < -0.3 is 10.1 Å². The van der Waals surface area contributed by atoms with E-state index in [4.69, 9.17) is 4.74 Å². The van der Waals surface area contributed by atoms with E-state index < -0.39 is 12.0 Å². The molecule has 1 aliphatic rings. The zero-order chi connectivity index (χ0) is 15.6. The van der Waals surface area contributed by atoms with Gasteiger partial charge in [0, 0.05) is 11.7 Å². The topological polar surface area (TPSA) is 58.6 Å². The van der Waals surface area contributed by atoms with Crippen molar-refractivity contribution in [1.82, 2.24) is 10.2 Å². The van der Waals surface area contributed by atoms with Gasteiger partial charge in [0.25, 0.3) is 0 Å². The maximum Gasteiger partial charge on any atom is 0.333 e. The number of urea groups is 1. The summed E-state index contributed by atoms with van der Waals surface area (Å²) in [7, 11) is 1.32. The molecule has 1 atom stereocenters. The number of methoxy groups -OCH3 is 1. The standard InChI is InChI=1S/C16H20N2O3/c1-16(2,3)17-15(20)18-10-9-11-7-5-6-8-12(11)13(18)14(19)21-4/h5-10,13H,1-4H3,(H,17,20). The van der Waals surface area contributed by atoms with Crippen LogP contribution in [0.15, 0.2) is 30.5 Å². The number of carbonyl (C=O) groups is 2. The maximum absolute atomic E-state index is 12.4. The van der Waals surface area contributed by atoms with Crippen LogP contribution in [0.5, 0.6) is 0 Å². The highest BCUT2D eigenvalue weighted by Crippen LogP contribution is 2.31. The molecule has 0 aromatic heterocycles. The van der Waals surface area contributed by atoms with Crippen molar-refractivity contribution in [3.63, 3.8) is 0 Å². The number of nitrogens with one attached hydrogen (secondary N) is 1. The van der Waals surface area contributed by atoms with Crippen molar-refractivity contribution in [2.75, 3.05) is 7.11 Å². The molecular formula is C16H20N2O3. The van der Waals surface area contributed by atoms with Crippen LogP contribution in [-0.2, 0) is 9.53 Å². The number of ether oxygens (including phenoxy) is 1. The van der Waals surface area contributed by atoms with Crippen LogP contribution in [0.3, 0.4) is 0 Å². The van der Waals surface area contributed by atoms with Gasteiger partial charge in [-0.05, 0) is 38.0 Å². The minimum absolute atomic E-state index is 0.330. The van der Waals surface area contributed by atoms with E-state index in [1.165, 1.54) is 12.0 Å². The second kappa shape index (κ2) is 5.60. The Hall–Kier alpha value is -2.30. The van der Waals surface area contributed by atoms with Crippen LogP contribution in [0.25, 0.3) is 6.08 Å². The molecule has 1 aromatic carbocycles. The van der Waals surface area contributed by atoms with Gasteiger partial charge >= 0.3 is 12.0 Å². The van der Waals surface area contributed by atoms with E-state index in [-0.39, 0.29) is 11.6 Å². The van der Waals surface area contributed by atoms with Crippen LogP contribution in [0.1, 0.15) is 37.9 Å². The van der Waals surface area contributed by atoms with Gasteiger partial charge in [0.15, 0.2) is 6.04 Å². The fourth-order valence-corrected chi connectivity index (χ4v) is 2.23. The van der Waals surface area contributed by atoms with Gasteiger partial charge in [-0.15, -0.1) is 0 Å². The zero-order valence-corrected chi connectivity index (χ0v) is 12.7. The highest BCUT2D eigenvalue weighted by atomic mass is 16.5. The number of hydrogen-bond acceptors (Lipinski definition) is 3. The number of benzene rings is 1. The molecule has 0 saturated carbocycles. The van der Waals surface area contributed by atoms with E-state index in [2.05, 4.69) is 5.32 Å². The molecule has 1 unspecified atom stereocenters. The van der Waals surface area contributed by atoms with E-state index in [1.807, 2.05) is 51.1 Å². The smallest absolute Gasteiger partial charge is 0.333 e. The lowest BCUT2D eigenvalue weighted by Gasteiger charge is -2.33. The molecule has 0 radical (unpaired) electrons. The monoisotopic (exact) mass is 288 g/mol. The number of nitrogens with zero attached hydrogens (tertiary/aromatic N) is 1. The molecule has 112 valence electrons. The van der Waals surface area contributed by atoms with Gasteiger partial charge in [-0.3, -0.25) is 4.90 Å². The lowest BCUT2D eigenvalue weighted by atomic mass is 9.96. The molecule has 2 amide bonds. The lowest BCUT2D eigenvalue weighted by Crippen LogP contribution is -2.49. The minimum atomic E-state index is -0.765. The Morgan fingerprint density at radius 2 is 1.90 bits per heavy atom. The molecule has 5 nitrogen and oxygen atoms in total. The molecule has 0 spiro atoms. The summed E-state index contributed by atoms with van der Waals surface area (Å²) in [5.74, 6) is -0.462. The molecule has 1 aliphatic heterocycles. The number of rotatable bonds is 1. The Labute approximate surface area is 124 Å². The normalized spacial score (nSPS) is 17.1. The Bertz CT molecular complexity index is 587. The van der Waals surface area contributed by atoms with Crippen LogP contribution in [0, 0.1) is 0 Å². The van der Waals surface area contributed by atoms with Crippen molar-refractivity contribution in [3.05, 3.63) is 41.6 Å². The van der Waals surface area contributed by atoms with Crippen molar-refractivity contribution >= 4 is 18.1 Å². The van der Waals surface area contributed by atoms with Crippen LogP contribution < -0.4 is 5.32 Å². The highest BCUT2D eigenvalue weighted by Gasteiger charge is 2.35. The Morgan fingerprint density at radius 1 is 1.24 bits per heavy atom. The molecule has 2 rings (SSSR count). The largest absolute Gasteiger partial charge is 0.467 e. The van der Waals surface area contributed by atoms with Crippen molar-refractivity contribution in [3.8, 4) is 0 Å². The molecule has 0 fully saturated rings. The number of carbonyl (C=O) groups excluding carboxylic acids is 2. The van der Waals surface area contributed by atoms with Crippen LogP contribution >= 0.6 is 0 Å². The molecule has 21 heavy (non-hydrogen) atoms. The first-order valence-corrected chi connectivity index (χ1v) is 6.79. The van der Waals surface area contributed by atoms with Crippen molar-refractivity contribution in [2.45, 2.75) is 32.4 Å². The quantitative estimate of drug-likeness (QED) is 0.808. The molecule has 0 bridgehead atoms. The number of hydrogen-bond donors (Lipinski definition) is 1. The molecule has 1 aromatic rings. The number of fused-ring (bicyclic) bond motifs is 1. The highest BCUT2D eigenvalue weighted by molar-refractivity contribution is 5.88. The predicted molar refractivity (Wildman–Crippen MR) is 80.4 cm³/mol. The van der Waals surface area contributed by atoms with Crippen LogP contribution in [0.2, 0.25) is 0 Å². The van der Waals surface area contributed by atoms with Crippen LogP contribution in [-0.4, -0.2) is 29.5 Å². The molecule has 1 N–H and O–H groups in total. The summed E-state index contributed by atoms with van der Waals surface area (Å²) in [5.41, 5.74) is 1.28. The van der Waals surface area contributed by atoms with E-state index in [9.17, 15) is 9.59 Å². The fourth-order valence-electron chi connectivity index (χ4n) is 2.23. The average molecular weight is 288 g/mol. The summed E-state index contributed by atoms with van der Waals surface area (Å²) in [5, 5.41) is 2.86. The first kappa shape index (κ1) is 15.1. The molecule has 0 aliphatic carbocycles. The third kappa shape index (κ3) is 3.24. The molecule has 5 heteroatoms. The number of amides is 2. The third-order valence-electron chi connectivity index (χ3n) is 3.12. The summed E-state index contributed by atoms with van der Waals surface area (Å²) in [6.07, 6.45) is 3.43. The van der Waals surface area contributed by atoms with E-state index in [1.54, 1.807) is 6.20 Å². The Balaban J connectivity index is 2.38. The zero-order valence-electron chi connectivity index (χ0n) is 12.7. The Morgan fingerprint density at radius 3 is 2.52 bits per heavy atom. The first-order valence-electron chi connectivity index (χ1n) is 6.79. The van der Waals surface area contributed by atoms with Gasteiger partial charge in [-0.25, -0.2) is 9.59 Å². The van der Waals surface area contributed by atoms with Gasteiger partial charge in [0.1, 0.15) is 0 Å². The third-order valence-corrected chi connectivity index (χ3v) is 3.12. The summed E-state index contributed by atoms with van der Waals surface area (Å²) in [6.45, 7) is 5.67. The fraction of sp³-hybridized carbons (Fsp3) is 0.375. The summed E-state index contributed by atoms with van der Waals surface area (Å²) >= 11 is 0. The second-order valence-corrected chi connectivity index (χ2v) is 5.96. The second-order valence-electron chi connectivity index (χ2n) is 5.96. The lowest BCUT2D eigenvalue weighted by molar-refractivity contribution is -0.145. The summed E-state index contributed by atoms with van der Waals surface area (Å²) in [4.78, 5) is 25.9. The first-order chi connectivity index (χ1) is 9.83.